The Balaban J connectivity index is 2.50. The van der Waals surface area contributed by atoms with Gasteiger partial charge in [0.05, 0.1) is 34.8 Å². The molecule has 23 heavy (non-hydrogen) atoms. The minimum Gasteiger partial charge on any atom is -0.478 e. The third-order valence-electron chi connectivity index (χ3n) is 3.59. The second kappa shape index (κ2) is 6.54. The van der Waals surface area contributed by atoms with Gasteiger partial charge in [0.25, 0.3) is 0 Å². The van der Waals surface area contributed by atoms with Gasteiger partial charge in [0.15, 0.2) is 4.80 Å². The minimum absolute atomic E-state index is 0.253. The molecule has 2 rings (SSSR count). The number of carbonyl (C=O) groups is 2. The quantitative estimate of drug-likeness (QED) is 0.851. The summed E-state index contributed by atoms with van der Waals surface area (Å²) >= 11 is 1.42. The summed E-state index contributed by atoms with van der Waals surface area (Å²) < 4.78 is 7.67. The maximum absolute atomic E-state index is 11.8. The van der Waals surface area contributed by atoms with Crippen LogP contribution in [0.2, 0.25) is 0 Å². The van der Waals surface area contributed by atoms with Crippen molar-refractivity contribution in [2.45, 2.75) is 27.3 Å². The molecule has 7 heteroatoms. The van der Waals surface area contributed by atoms with Gasteiger partial charge in [-0.3, -0.25) is 9.79 Å². The van der Waals surface area contributed by atoms with E-state index < -0.39 is 11.4 Å². The Kier molecular flexibility index (Phi) is 4.89. The predicted octanol–water partition coefficient (Wildman–Crippen LogP) is 2.52. The van der Waals surface area contributed by atoms with E-state index in [1.165, 1.54) is 18.4 Å². The van der Waals surface area contributed by atoms with Crippen LogP contribution in [0.3, 0.4) is 0 Å². The van der Waals surface area contributed by atoms with Crippen LogP contribution in [-0.2, 0) is 16.1 Å². The lowest BCUT2D eigenvalue weighted by molar-refractivity contribution is -0.150. The van der Waals surface area contributed by atoms with Crippen molar-refractivity contribution in [2.75, 3.05) is 13.7 Å². The maximum Gasteiger partial charge on any atom is 0.335 e. The summed E-state index contributed by atoms with van der Waals surface area (Å²) in [6.45, 7) is 6.59. The van der Waals surface area contributed by atoms with Gasteiger partial charge >= 0.3 is 11.9 Å². The van der Waals surface area contributed by atoms with Crippen LogP contribution in [-0.4, -0.2) is 35.3 Å². The normalized spacial score (nSPS) is 12.6. The molecule has 1 aromatic heterocycles. The van der Waals surface area contributed by atoms with Gasteiger partial charge in [-0.2, -0.15) is 0 Å². The Morgan fingerprint density at radius 1 is 1.39 bits per heavy atom. The zero-order chi connectivity index (χ0) is 17.2. The lowest BCUT2D eigenvalue weighted by atomic mass is 9.94. The molecule has 0 bridgehead atoms. The molecule has 0 saturated heterocycles. The number of methoxy groups -OCH3 is 1. The summed E-state index contributed by atoms with van der Waals surface area (Å²) in [6, 6.07) is 5.04. The summed E-state index contributed by atoms with van der Waals surface area (Å²) in [6.07, 6.45) is 0. The number of benzene rings is 1. The lowest BCUT2D eigenvalue weighted by Crippen LogP contribution is -2.30. The highest BCUT2D eigenvalue weighted by Crippen LogP contribution is 2.21. The van der Waals surface area contributed by atoms with Crippen molar-refractivity contribution in [1.82, 2.24) is 4.57 Å². The minimum atomic E-state index is -0.950. The Bertz CT molecular complexity index is 817. The number of aromatic nitrogens is 1. The van der Waals surface area contributed by atoms with E-state index in [-0.39, 0.29) is 11.5 Å². The molecule has 0 unspecified atom stereocenters. The molecule has 0 saturated carbocycles. The van der Waals surface area contributed by atoms with Gasteiger partial charge in [-0.25, -0.2) is 4.79 Å². The summed E-state index contributed by atoms with van der Waals surface area (Å²) in [5.41, 5.74) is 0.489. The molecule has 1 heterocycles. The summed E-state index contributed by atoms with van der Waals surface area (Å²) in [5.74, 6) is -1.26. The first-order valence-corrected chi connectivity index (χ1v) is 8.07. The van der Waals surface area contributed by atoms with Gasteiger partial charge in [0, 0.05) is 6.54 Å². The van der Waals surface area contributed by atoms with Gasteiger partial charge < -0.3 is 14.4 Å². The lowest BCUT2D eigenvalue weighted by Gasteiger charge is -2.18. The second-order valence-corrected chi connectivity index (χ2v) is 6.82. The Labute approximate surface area is 138 Å². The van der Waals surface area contributed by atoms with Crippen LogP contribution < -0.4 is 4.80 Å². The fraction of sp³-hybridized carbons (Fsp3) is 0.438. The van der Waals surface area contributed by atoms with Crippen molar-refractivity contribution in [2.24, 2.45) is 10.4 Å². The van der Waals surface area contributed by atoms with Crippen LogP contribution in [0.15, 0.2) is 23.2 Å². The average Bonchev–Trinajstić information content (AvgIpc) is 2.88. The Hall–Kier alpha value is -2.15. The molecule has 6 nitrogen and oxygen atoms in total. The molecule has 0 atom stereocenters. The van der Waals surface area contributed by atoms with Crippen LogP contribution in [0.1, 0.15) is 31.1 Å². The molecule has 124 valence electrons. The predicted molar refractivity (Wildman–Crippen MR) is 88.7 cm³/mol. The van der Waals surface area contributed by atoms with Crippen LogP contribution in [0.25, 0.3) is 10.2 Å². The molecule has 0 radical (unpaired) electrons. The van der Waals surface area contributed by atoms with E-state index in [0.29, 0.717) is 13.1 Å². The third kappa shape index (κ3) is 3.44. The molecule has 1 N–H and O–H groups in total. The van der Waals surface area contributed by atoms with Crippen LogP contribution in [0.5, 0.6) is 0 Å². The van der Waals surface area contributed by atoms with Crippen molar-refractivity contribution in [3.05, 3.63) is 28.6 Å². The number of carbonyl (C=O) groups excluding carboxylic acids is 1. The first kappa shape index (κ1) is 17.2. The number of fused-ring (bicyclic) bond motifs is 1. The maximum atomic E-state index is 11.8. The van der Waals surface area contributed by atoms with E-state index in [1.807, 2.05) is 11.5 Å². The van der Waals surface area contributed by atoms with Crippen molar-refractivity contribution >= 4 is 33.5 Å². The topological polar surface area (TPSA) is 80.9 Å². The number of nitrogens with zero attached hydrogens (tertiary/aromatic N) is 2. The van der Waals surface area contributed by atoms with E-state index in [4.69, 9.17) is 9.84 Å². The molecule has 0 amide bonds. The van der Waals surface area contributed by atoms with Gasteiger partial charge in [0.2, 0.25) is 0 Å². The van der Waals surface area contributed by atoms with Gasteiger partial charge in [0.1, 0.15) is 0 Å². The summed E-state index contributed by atoms with van der Waals surface area (Å²) in [5, 5.41) is 9.10. The van der Waals surface area contributed by atoms with Crippen molar-refractivity contribution in [1.29, 1.82) is 0 Å². The zero-order valence-corrected chi connectivity index (χ0v) is 14.4. The van der Waals surface area contributed by atoms with E-state index in [2.05, 4.69) is 4.99 Å². The summed E-state index contributed by atoms with van der Waals surface area (Å²) in [4.78, 5) is 28.2. The zero-order valence-electron chi connectivity index (χ0n) is 13.6. The Morgan fingerprint density at radius 2 is 2.09 bits per heavy atom. The number of hydrogen-bond acceptors (Lipinski definition) is 5. The number of aryl methyl sites for hydroxylation is 1. The Morgan fingerprint density at radius 3 is 2.65 bits per heavy atom. The number of aromatic carboxylic acids is 1. The molecule has 0 fully saturated rings. The molecular weight excluding hydrogens is 316 g/mol. The first-order chi connectivity index (χ1) is 10.8. The number of ether oxygens (including phenoxy) is 1. The highest BCUT2D eigenvalue weighted by molar-refractivity contribution is 7.16. The number of carboxylic acids is 1. The van der Waals surface area contributed by atoms with Gasteiger partial charge in [-0.15, -0.1) is 0 Å². The molecule has 0 aliphatic rings. The first-order valence-electron chi connectivity index (χ1n) is 7.25. The van der Waals surface area contributed by atoms with E-state index in [0.717, 1.165) is 15.0 Å². The third-order valence-corrected chi connectivity index (χ3v) is 4.67. The van der Waals surface area contributed by atoms with E-state index in [9.17, 15) is 9.59 Å². The van der Waals surface area contributed by atoms with Crippen LogP contribution in [0.4, 0.5) is 0 Å². The standard InChI is InChI=1S/C16H20N2O4S/c1-5-18-11-7-6-10(13(19)20)8-12(11)23-15(18)17-9-16(2,3)14(21)22-4/h6-8H,5,9H2,1-4H3,(H,19,20). The number of hydrogen-bond donors (Lipinski definition) is 1. The van der Waals surface area contributed by atoms with E-state index >= 15 is 0 Å². The molecular formula is C16H20N2O4S. The number of carboxylic acid groups (broad SMARTS) is 1. The SMILES string of the molecule is CCn1c(=NCC(C)(C)C(=O)OC)sc2cc(C(=O)O)ccc21. The fourth-order valence-corrected chi connectivity index (χ4v) is 3.37. The monoisotopic (exact) mass is 336 g/mol. The van der Waals surface area contributed by atoms with Crippen molar-refractivity contribution in [3.8, 4) is 0 Å². The highest BCUT2D eigenvalue weighted by Gasteiger charge is 2.28. The second-order valence-electron chi connectivity index (χ2n) is 5.81. The molecule has 0 aliphatic carbocycles. The number of thiazole rings is 1. The van der Waals surface area contributed by atoms with Crippen LogP contribution in [0, 0.1) is 5.41 Å². The van der Waals surface area contributed by atoms with Crippen LogP contribution >= 0.6 is 11.3 Å². The summed E-state index contributed by atoms with van der Waals surface area (Å²) in [7, 11) is 1.36. The number of esters is 1. The van der Waals surface area contributed by atoms with E-state index in [1.54, 1.807) is 32.0 Å². The molecule has 1 aromatic carbocycles. The van der Waals surface area contributed by atoms with Crippen molar-refractivity contribution in [3.63, 3.8) is 0 Å². The molecule has 0 aliphatic heterocycles. The number of rotatable bonds is 5. The largest absolute Gasteiger partial charge is 0.478 e. The smallest absolute Gasteiger partial charge is 0.335 e. The molecule has 0 spiro atoms. The van der Waals surface area contributed by atoms with Crippen molar-refractivity contribution < 1.29 is 19.4 Å². The van der Waals surface area contributed by atoms with Gasteiger partial charge in [-0.1, -0.05) is 11.3 Å². The fourth-order valence-electron chi connectivity index (χ4n) is 2.24. The average molecular weight is 336 g/mol. The highest BCUT2D eigenvalue weighted by atomic mass is 32.1. The molecule has 2 aromatic rings. The van der Waals surface area contributed by atoms with Gasteiger partial charge in [-0.05, 0) is 39.0 Å².